The summed E-state index contributed by atoms with van der Waals surface area (Å²) in [6.45, 7) is 12.2. The molecule has 168 valence electrons. The average molecular weight is 418 g/mol. The number of rotatable bonds is 9. The molecule has 0 aromatic heterocycles. The number of ether oxygens (including phenoxy) is 3. The summed E-state index contributed by atoms with van der Waals surface area (Å²) in [6, 6.07) is 8.28. The zero-order valence-electron chi connectivity index (χ0n) is 18.9. The lowest BCUT2D eigenvalue weighted by molar-refractivity contribution is -0.0367. The van der Waals surface area contributed by atoms with Crippen molar-refractivity contribution in [1.82, 2.24) is 10.2 Å². The molecule has 6 heteroatoms. The van der Waals surface area contributed by atoms with Gasteiger partial charge >= 0.3 is 0 Å². The van der Waals surface area contributed by atoms with E-state index in [2.05, 4.69) is 43.1 Å². The second kappa shape index (κ2) is 12.2. The van der Waals surface area contributed by atoms with Crippen LogP contribution in [0.25, 0.3) is 0 Å². The predicted molar refractivity (Wildman–Crippen MR) is 122 cm³/mol. The number of hydrogen-bond acceptors (Lipinski definition) is 4. The third kappa shape index (κ3) is 6.88. The van der Waals surface area contributed by atoms with Gasteiger partial charge in [0, 0.05) is 26.2 Å². The van der Waals surface area contributed by atoms with Crippen LogP contribution in [0.15, 0.2) is 29.3 Å². The van der Waals surface area contributed by atoms with Crippen LogP contribution in [0, 0.1) is 0 Å². The first-order valence-electron chi connectivity index (χ1n) is 11.7. The van der Waals surface area contributed by atoms with Crippen molar-refractivity contribution in [3.8, 4) is 5.75 Å². The number of guanidine groups is 1. The lowest BCUT2D eigenvalue weighted by Crippen LogP contribution is -2.47. The molecule has 2 saturated heterocycles. The molecule has 6 nitrogen and oxygen atoms in total. The summed E-state index contributed by atoms with van der Waals surface area (Å²) in [4.78, 5) is 7.15. The second-order valence-corrected chi connectivity index (χ2v) is 8.43. The van der Waals surface area contributed by atoms with Gasteiger partial charge in [0.2, 0.25) is 0 Å². The third-order valence-electron chi connectivity index (χ3n) is 5.77. The number of piperidine rings is 1. The first-order chi connectivity index (χ1) is 14.7. The molecule has 1 aromatic carbocycles. The number of likely N-dealkylation sites (tertiary alicyclic amines) is 1. The van der Waals surface area contributed by atoms with Crippen molar-refractivity contribution in [2.24, 2.45) is 4.99 Å². The van der Waals surface area contributed by atoms with Crippen LogP contribution in [0.1, 0.15) is 57.9 Å². The Balaban J connectivity index is 1.43. The molecule has 0 saturated carbocycles. The quantitative estimate of drug-likeness (QED) is 0.376. The van der Waals surface area contributed by atoms with Crippen LogP contribution < -0.4 is 10.1 Å². The molecule has 3 rings (SSSR count). The molecule has 30 heavy (non-hydrogen) atoms. The zero-order valence-corrected chi connectivity index (χ0v) is 18.9. The van der Waals surface area contributed by atoms with Gasteiger partial charge in [0.15, 0.2) is 5.96 Å². The molecule has 0 bridgehead atoms. The van der Waals surface area contributed by atoms with E-state index >= 15 is 0 Å². The maximum absolute atomic E-state index is 6.10. The summed E-state index contributed by atoms with van der Waals surface area (Å²) in [6.07, 6.45) is 5.03. The largest absolute Gasteiger partial charge is 0.491 e. The van der Waals surface area contributed by atoms with E-state index in [1.54, 1.807) is 0 Å². The van der Waals surface area contributed by atoms with Crippen molar-refractivity contribution >= 4 is 5.96 Å². The van der Waals surface area contributed by atoms with Gasteiger partial charge in [0.1, 0.15) is 12.4 Å². The summed E-state index contributed by atoms with van der Waals surface area (Å²) in [5, 5.41) is 3.43. The van der Waals surface area contributed by atoms with Crippen LogP contribution in [0.2, 0.25) is 0 Å². The maximum atomic E-state index is 6.10. The SMILES string of the molecule is CCNC(=NCCOc1ccccc1C(C)C)N1CCC(OCC2CCCO2)CC1. The summed E-state index contributed by atoms with van der Waals surface area (Å²) >= 11 is 0. The minimum absolute atomic E-state index is 0.308. The molecule has 2 fully saturated rings. The van der Waals surface area contributed by atoms with Crippen LogP contribution >= 0.6 is 0 Å². The number of benzene rings is 1. The van der Waals surface area contributed by atoms with E-state index in [-0.39, 0.29) is 0 Å². The molecule has 2 heterocycles. The van der Waals surface area contributed by atoms with Crippen LogP contribution in [-0.2, 0) is 9.47 Å². The Bertz CT molecular complexity index is 651. The highest BCUT2D eigenvalue weighted by Crippen LogP contribution is 2.25. The number of para-hydroxylation sites is 1. The summed E-state index contributed by atoms with van der Waals surface area (Å²) in [7, 11) is 0. The average Bonchev–Trinajstić information content (AvgIpc) is 3.29. The van der Waals surface area contributed by atoms with Crippen molar-refractivity contribution in [3.63, 3.8) is 0 Å². The van der Waals surface area contributed by atoms with Gasteiger partial charge in [0.05, 0.1) is 25.4 Å². The number of nitrogens with one attached hydrogen (secondary N) is 1. The van der Waals surface area contributed by atoms with E-state index in [9.17, 15) is 0 Å². The third-order valence-corrected chi connectivity index (χ3v) is 5.77. The van der Waals surface area contributed by atoms with Crippen LogP contribution in [0.3, 0.4) is 0 Å². The van der Waals surface area contributed by atoms with E-state index in [0.717, 1.165) is 63.8 Å². The zero-order chi connectivity index (χ0) is 21.2. The fourth-order valence-electron chi connectivity index (χ4n) is 4.08. The van der Waals surface area contributed by atoms with E-state index < -0.39 is 0 Å². The summed E-state index contributed by atoms with van der Waals surface area (Å²) in [5.74, 6) is 2.40. The molecule has 1 unspecified atom stereocenters. The number of aliphatic imine (C=N–C) groups is 1. The Morgan fingerprint density at radius 1 is 1.23 bits per heavy atom. The summed E-state index contributed by atoms with van der Waals surface area (Å²) < 4.78 is 17.8. The molecule has 1 aromatic rings. The normalized spacial score (nSPS) is 20.7. The van der Waals surface area contributed by atoms with Crippen LogP contribution in [0.4, 0.5) is 0 Å². The van der Waals surface area contributed by atoms with Gasteiger partial charge in [-0.05, 0) is 50.2 Å². The van der Waals surface area contributed by atoms with E-state index in [1.165, 1.54) is 12.0 Å². The van der Waals surface area contributed by atoms with Gasteiger partial charge in [0.25, 0.3) is 0 Å². The van der Waals surface area contributed by atoms with E-state index in [4.69, 9.17) is 19.2 Å². The fourth-order valence-corrected chi connectivity index (χ4v) is 4.08. The smallest absolute Gasteiger partial charge is 0.194 e. The lowest BCUT2D eigenvalue weighted by Gasteiger charge is -2.34. The summed E-state index contributed by atoms with van der Waals surface area (Å²) in [5.41, 5.74) is 1.25. The Kier molecular flexibility index (Phi) is 9.27. The van der Waals surface area contributed by atoms with Gasteiger partial charge in [-0.2, -0.15) is 0 Å². The van der Waals surface area contributed by atoms with Gasteiger partial charge in [-0.25, -0.2) is 4.99 Å². The molecule has 1 atom stereocenters. The monoisotopic (exact) mass is 417 g/mol. The van der Waals surface area contributed by atoms with E-state index in [1.807, 2.05) is 12.1 Å². The molecule has 1 N–H and O–H groups in total. The molecular weight excluding hydrogens is 378 g/mol. The molecule has 0 radical (unpaired) electrons. The van der Waals surface area contributed by atoms with Crippen molar-refractivity contribution in [1.29, 1.82) is 0 Å². The number of nitrogens with zero attached hydrogens (tertiary/aromatic N) is 2. The van der Waals surface area contributed by atoms with E-state index in [0.29, 0.717) is 31.3 Å². The molecule has 2 aliphatic rings. The van der Waals surface area contributed by atoms with Crippen molar-refractivity contribution in [2.45, 2.75) is 64.6 Å². The van der Waals surface area contributed by atoms with Gasteiger partial charge < -0.3 is 24.4 Å². The first-order valence-corrected chi connectivity index (χ1v) is 11.7. The topological polar surface area (TPSA) is 55.3 Å². The Morgan fingerprint density at radius 2 is 2.03 bits per heavy atom. The highest BCUT2D eigenvalue weighted by molar-refractivity contribution is 5.80. The Hall–Kier alpha value is -1.79. The highest BCUT2D eigenvalue weighted by atomic mass is 16.5. The molecule has 2 aliphatic heterocycles. The predicted octanol–water partition coefficient (Wildman–Crippen LogP) is 3.81. The Labute approximate surface area is 182 Å². The molecule has 0 aliphatic carbocycles. The molecular formula is C24H39N3O3. The number of hydrogen-bond donors (Lipinski definition) is 1. The highest BCUT2D eigenvalue weighted by Gasteiger charge is 2.24. The Morgan fingerprint density at radius 3 is 2.73 bits per heavy atom. The first kappa shape index (κ1) is 22.9. The maximum Gasteiger partial charge on any atom is 0.194 e. The van der Waals surface area contributed by atoms with Gasteiger partial charge in [-0.15, -0.1) is 0 Å². The molecule has 0 amide bonds. The fraction of sp³-hybridized carbons (Fsp3) is 0.708. The molecule has 0 spiro atoms. The lowest BCUT2D eigenvalue weighted by atomic mass is 10.0. The van der Waals surface area contributed by atoms with Crippen molar-refractivity contribution in [2.75, 3.05) is 46.0 Å². The van der Waals surface area contributed by atoms with Crippen LogP contribution in [-0.4, -0.2) is 69.1 Å². The van der Waals surface area contributed by atoms with Crippen molar-refractivity contribution < 1.29 is 14.2 Å². The van der Waals surface area contributed by atoms with Gasteiger partial charge in [-0.1, -0.05) is 32.0 Å². The second-order valence-electron chi connectivity index (χ2n) is 8.43. The minimum atomic E-state index is 0.308. The standard InChI is InChI=1S/C24H39N3O3/c1-4-25-24(26-13-17-29-23-10-6-5-9-22(23)19(2)3)27-14-11-20(12-15-27)30-18-21-8-7-16-28-21/h5-6,9-10,19-21H,4,7-8,11-18H2,1-3H3,(H,25,26). The van der Waals surface area contributed by atoms with Crippen molar-refractivity contribution in [3.05, 3.63) is 29.8 Å². The minimum Gasteiger partial charge on any atom is -0.491 e. The van der Waals surface area contributed by atoms with Crippen LogP contribution in [0.5, 0.6) is 5.75 Å². The van der Waals surface area contributed by atoms with Gasteiger partial charge in [-0.3, -0.25) is 0 Å².